The molecule has 148 valence electrons. The van der Waals surface area contributed by atoms with E-state index in [0.29, 0.717) is 22.9 Å². The molecule has 0 spiro atoms. The summed E-state index contributed by atoms with van der Waals surface area (Å²) < 4.78 is 15.8. The molecule has 0 saturated carbocycles. The number of hydrogen-bond acceptors (Lipinski definition) is 6. The Kier molecular flexibility index (Phi) is 4.44. The van der Waals surface area contributed by atoms with Crippen molar-refractivity contribution in [2.24, 2.45) is 5.92 Å². The number of benzene rings is 1. The molecule has 4 aromatic rings. The summed E-state index contributed by atoms with van der Waals surface area (Å²) in [5.74, 6) is 1.55. The molecule has 2 N–H and O–H groups in total. The number of aromatic nitrogens is 6. The number of halogens is 1. The standard InChI is InChI=1S/C20H20FN7O/c21-15-4-2-1-3-14(15)20-25-24-16-5-6-17(26-28(16)20)27-11-7-13(8-12-27)18(29)19-22-9-10-23-19/h1-6,9-10,13,18,29H,7-8,11-12H2,(H,22,23). The van der Waals surface area contributed by atoms with E-state index in [1.807, 2.05) is 12.1 Å². The summed E-state index contributed by atoms with van der Waals surface area (Å²) in [5, 5.41) is 23.4. The number of rotatable bonds is 4. The van der Waals surface area contributed by atoms with Crippen LogP contribution in [0.1, 0.15) is 24.8 Å². The van der Waals surface area contributed by atoms with E-state index in [9.17, 15) is 9.50 Å². The highest BCUT2D eigenvalue weighted by molar-refractivity contribution is 5.60. The van der Waals surface area contributed by atoms with Gasteiger partial charge in [-0.15, -0.1) is 15.3 Å². The quantitative estimate of drug-likeness (QED) is 0.553. The van der Waals surface area contributed by atoms with Crippen molar-refractivity contribution in [1.29, 1.82) is 0 Å². The van der Waals surface area contributed by atoms with Gasteiger partial charge in [-0.1, -0.05) is 12.1 Å². The number of nitrogens with one attached hydrogen (secondary N) is 1. The smallest absolute Gasteiger partial charge is 0.188 e. The lowest BCUT2D eigenvalue weighted by molar-refractivity contribution is 0.0856. The summed E-state index contributed by atoms with van der Waals surface area (Å²) in [6.07, 6.45) is 4.43. The third kappa shape index (κ3) is 3.23. The number of aliphatic hydroxyl groups is 1. The van der Waals surface area contributed by atoms with Gasteiger partial charge in [0.15, 0.2) is 11.5 Å². The van der Waals surface area contributed by atoms with Gasteiger partial charge in [0.05, 0.1) is 5.56 Å². The van der Waals surface area contributed by atoms with Gasteiger partial charge in [-0.05, 0) is 43.0 Å². The van der Waals surface area contributed by atoms with Crippen molar-refractivity contribution < 1.29 is 9.50 Å². The third-order valence-electron chi connectivity index (χ3n) is 5.47. The fraction of sp³-hybridized carbons (Fsp3) is 0.300. The van der Waals surface area contributed by atoms with Crippen molar-refractivity contribution in [2.75, 3.05) is 18.0 Å². The number of anilines is 1. The molecule has 0 bridgehead atoms. The second kappa shape index (κ2) is 7.25. The summed E-state index contributed by atoms with van der Waals surface area (Å²) in [4.78, 5) is 9.31. The van der Waals surface area contributed by atoms with Crippen LogP contribution in [0, 0.1) is 11.7 Å². The maximum atomic E-state index is 14.2. The molecule has 1 saturated heterocycles. The zero-order valence-corrected chi connectivity index (χ0v) is 15.6. The van der Waals surface area contributed by atoms with Gasteiger partial charge in [0.2, 0.25) is 0 Å². The van der Waals surface area contributed by atoms with E-state index >= 15 is 0 Å². The predicted octanol–water partition coefficient (Wildman–Crippen LogP) is 2.60. The summed E-state index contributed by atoms with van der Waals surface area (Å²) in [7, 11) is 0. The summed E-state index contributed by atoms with van der Waals surface area (Å²) in [6, 6.07) is 10.2. The Balaban J connectivity index is 1.38. The predicted molar refractivity (Wildman–Crippen MR) is 105 cm³/mol. The molecule has 9 heteroatoms. The average Bonchev–Trinajstić information content (AvgIpc) is 3.44. The minimum atomic E-state index is -0.590. The van der Waals surface area contributed by atoms with E-state index in [2.05, 4.69) is 30.2 Å². The lowest BCUT2D eigenvalue weighted by atomic mass is 9.91. The van der Waals surface area contributed by atoms with Gasteiger partial charge in [0, 0.05) is 25.5 Å². The first kappa shape index (κ1) is 17.7. The van der Waals surface area contributed by atoms with Crippen LogP contribution < -0.4 is 4.90 Å². The maximum absolute atomic E-state index is 14.2. The van der Waals surface area contributed by atoms with Gasteiger partial charge in [0.1, 0.15) is 23.6 Å². The second-order valence-corrected chi connectivity index (χ2v) is 7.21. The van der Waals surface area contributed by atoms with E-state index in [0.717, 1.165) is 31.7 Å². The highest BCUT2D eigenvalue weighted by Gasteiger charge is 2.28. The van der Waals surface area contributed by atoms with Crippen LogP contribution in [0.15, 0.2) is 48.8 Å². The van der Waals surface area contributed by atoms with Crippen LogP contribution in [0.2, 0.25) is 0 Å². The number of aliphatic hydroxyl groups excluding tert-OH is 1. The summed E-state index contributed by atoms with van der Waals surface area (Å²) in [6.45, 7) is 1.52. The Hall–Kier alpha value is -3.33. The number of H-pyrrole nitrogens is 1. The minimum absolute atomic E-state index is 0.144. The minimum Gasteiger partial charge on any atom is -0.385 e. The molecule has 8 nitrogen and oxygen atoms in total. The molecule has 1 aliphatic rings. The maximum Gasteiger partial charge on any atom is 0.188 e. The monoisotopic (exact) mass is 393 g/mol. The van der Waals surface area contributed by atoms with E-state index in [-0.39, 0.29) is 11.7 Å². The fourth-order valence-electron chi connectivity index (χ4n) is 3.87. The van der Waals surface area contributed by atoms with Gasteiger partial charge in [-0.2, -0.15) is 4.52 Å². The van der Waals surface area contributed by atoms with Crippen molar-refractivity contribution in [3.05, 3.63) is 60.4 Å². The lowest BCUT2D eigenvalue weighted by Crippen LogP contribution is -2.36. The number of aromatic amines is 1. The largest absolute Gasteiger partial charge is 0.385 e. The molecular weight excluding hydrogens is 373 g/mol. The molecule has 0 radical (unpaired) electrons. The van der Waals surface area contributed by atoms with Gasteiger partial charge >= 0.3 is 0 Å². The first-order chi connectivity index (χ1) is 14.2. The molecule has 5 rings (SSSR count). The topological polar surface area (TPSA) is 95.2 Å². The molecule has 4 heterocycles. The molecule has 0 aliphatic carbocycles. The zero-order chi connectivity index (χ0) is 19.8. The van der Waals surface area contributed by atoms with Crippen molar-refractivity contribution in [3.63, 3.8) is 0 Å². The molecule has 1 atom stereocenters. The van der Waals surface area contributed by atoms with Crippen molar-refractivity contribution in [3.8, 4) is 11.4 Å². The zero-order valence-electron chi connectivity index (χ0n) is 15.6. The van der Waals surface area contributed by atoms with Gasteiger partial charge < -0.3 is 15.0 Å². The van der Waals surface area contributed by atoms with Crippen LogP contribution in [-0.2, 0) is 0 Å². The number of fused-ring (bicyclic) bond motifs is 1. The Bertz CT molecular complexity index is 1120. The second-order valence-electron chi connectivity index (χ2n) is 7.21. The Morgan fingerprint density at radius 3 is 2.69 bits per heavy atom. The average molecular weight is 393 g/mol. The van der Waals surface area contributed by atoms with Crippen molar-refractivity contribution >= 4 is 11.5 Å². The van der Waals surface area contributed by atoms with Crippen LogP contribution >= 0.6 is 0 Å². The molecule has 0 amide bonds. The first-order valence-electron chi connectivity index (χ1n) is 9.60. The van der Waals surface area contributed by atoms with Crippen LogP contribution in [0.3, 0.4) is 0 Å². The molecule has 29 heavy (non-hydrogen) atoms. The molecule has 1 aliphatic heterocycles. The summed E-state index contributed by atoms with van der Waals surface area (Å²) in [5.41, 5.74) is 0.931. The Morgan fingerprint density at radius 2 is 1.93 bits per heavy atom. The Labute approximate surface area is 166 Å². The van der Waals surface area contributed by atoms with E-state index in [1.54, 1.807) is 35.1 Å². The van der Waals surface area contributed by atoms with E-state index in [4.69, 9.17) is 0 Å². The highest BCUT2D eigenvalue weighted by Crippen LogP contribution is 2.31. The SMILES string of the molecule is OC(c1ncc[nH]1)C1CCN(c2ccc3nnc(-c4ccccc4F)n3n2)CC1. The first-order valence-corrected chi connectivity index (χ1v) is 9.60. The number of hydrogen-bond donors (Lipinski definition) is 2. The molecule has 1 fully saturated rings. The third-order valence-corrected chi connectivity index (χ3v) is 5.47. The van der Waals surface area contributed by atoms with E-state index in [1.165, 1.54) is 6.07 Å². The van der Waals surface area contributed by atoms with Crippen LogP contribution in [0.5, 0.6) is 0 Å². The lowest BCUT2D eigenvalue weighted by Gasteiger charge is -2.34. The number of piperidine rings is 1. The molecule has 1 aromatic carbocycles. The normalized spacial score (nSPS) is 16.4. The molecule has 1 unspecified atom stereocenters. The van der Waals surface area contributed by atoms with Crippen LogP contribution in [0.4, 0.5) is 10.2 Å². The Morgan fingerprint density at radius 1 is 1.10 bits per heavy atom. The van der Waals surface area contributed by atoms with Crippen molar-refractivity contribution in [1.82, 2.24) is 29.8 Å². The fourth-order valence-corrected chi connectivity index (χ4v) is 3.87. The van der Waals surface area contributed by atoms with Crippen LogP contribution in [-0.4, -0.2) is 48.0 Å². The van der Waals surface area contributed by atoms with Gasteiger partial charge in [-0.3, -0.25) is 0 Å². The van der Waals surface area contributed by atoms with Crippen LogP contribution in [0.25, 0.3) is 17.0 Å². The summed E-state index contributed by atoms with van der Waals surface area (Å²) >= 11 is 0. The van der Waals surface area contributed by atoms with Gasteiger partial charge in [0.25, 0.3) is 0 Å². The van der Waals surface area contributed by atoms with E-state index < -0.39 is 6.10 Å². The van der Waals surface area contributed by atoms with Gasteiger partial charge in [-0.25, -0.2) is 9.37 Å². The van der Waals surface area contributed by atoms with Crippen molar-refractivity contribution in [2.45, 2.75) is 18.9 Å². The number of imidazole rings is 1. The number of nitrogens with zero attached hydrogens (tertiary/aromatic N) is 6. The molecule has 3 aromatic heterocycles. The molecular formula is C20H20FN7O. The highest BCUT2D eigenvalue weighted by atomic mass is 19.1.